The van der Waals surface area contributed by atoms with Crippen LogP contribution in [0.1, 0.15) is 25.3 Å². The number of nitrogens with zero attached hydrogens (tertiary/aromatic N) is 1. The van der Waals surface area contributed by atoms with Crippen LogP contribution >= 0.6 is 0 Å². The summed E-state index contributed by atoms with van der Waals surface area (Å²) in [5, 5.41) is 9.38. The molecule has 1 heterocycles. The van der Waals surface area contributed by atoms with Gasteiger partial charge in [0.05, 0.1) is 0 Å². The largest absolute Gasteiger partial charge is 0.508 e. The van der Waals surface area contributed by atoms with Crippen molar-refractivity contribution in [2.75, 3.05) is 13.1 Å². The number of benzene rings is 1. The van der Waals surface area contributed by atoms with E-state index < -0.39 is 0 Å². The van der Waals surface area contributed by atoms with Gasteiger partial charge in [-0.1, -0.05) is 12.1 Å². The molecule has 2 nitrogen and oxygen atoms in total. The van der Waals surface area contributed by atoms with Gasteiger partial charge in [0.15, 0.2) is 0 Å². The van der Waals surface area contributed by atoms with E-state index in [0.29, 0.717) is 11.8 Å². The van der Waals surface area contributed by atoms with Crippen molar-refractivity contribution < 1.29 is 5.11 Å². The first-order valence-corrected chi connectivity index (χ1v) is 5.77. The number of hydrogen-bond donors (Lipinski definition) is 1. The van der Waals surface area contributed by atoms with Crippen LogP contribution in [0.4, 0.5) is 0 Å². The second kappa shape index (κ2) is 4.67. The molecule has 1 N–H and O–H groups in total. The van der Waals surface area contributed by atoms with Crippen LogP contribution in [0.15, 0.2) is 24.3 Å². The van der Waals surface area contributed by atoms with Gasteiger partial charge in [0.1, 0.15) is 5.75 Å². The standard InChI is InChI=1S/C13H19NO/c1-11(14-7-2-3-8-14)9-12-5-4-6-13(15)10-12/h4-6,10-11,15H,2-3,7-9H2,1H3. The maximum Gasteiger partial charge on any atom is 0.115 e. The third-order valence-electron chi connectivity index (χ3n) is 3.21. The van der Waals surface area contributed by atoms with Crippen molar-refractivity contribution in [1.29, 1.82) is 0 Å². The van der Waals surface area contributed by atoms with Crippen LogP contribution in [0.25, 0.3) is 0 Å². The summed E-state index contributed by atoms with van der Waals surface area (Å²) < 4.78 is 0. The summed E-state index contributed by atoms with van der Waals surface area (Å²) in [5.41, 5.74) is 1.23. The molecule has 1 atom stereocenters. The summed E-state index contributed by atoms with van der Waals surface area (Å²) in [4.78, 5) is 2.53. The highest BCUT2D eigenvalue weighted by molar-refractivity contribution is 5.27. The van der Waals surface area contributed by atoms with Gasteiger partial charge < -0.3 is 10.0 Å². The van der Waals surface area contributed by atoms with Crippen molar-refractivity contribution in [2.45, 2.75) is 32.2 Å². The van der Waals surface area contributed by atoms with Crippen LogP contribution in [0, 0.1) is 0 Å². The summed E-state index contributed by atoms with van der Waals surface area (Å²) in [6, 6.07) is 8.19. The Kier molecular flexibility index (Phi) is 3.27. The topological polar surface area (TPSA) is 23.5 Å². The number of aromatic hydroxyl groups is 1. The summed E-state index contributed by atoms with van der Waals surface area (Å²) in [7, 11) is 0. The van der Waals surface area contributed by atoms with Crippen LogP contribution in [0.5, 0.6) is 5.75 Å². The second-order valence-electron chi connectivity index (χ2n) is 4.47. The van der Waals surface area contributed by atoms with E-state index in [-0.39, 0.29) is 0 Å². The Labute approximate surface area is 91.5 Å². The molecule has 0 spiro atoms. The molecule has 0 amide bonds. The van der Waals surface area contributed by atoms with Gasteiger partial charge in [-0.3, -0.25) is 0 Å². The van der Waals surface area contributed by atoms with Crippen molar-refractivity contribution in [3.63, 3.8) is 0 Å². The third-order valence-corrected chi connectivity index (χ3v) is 3.21. The zero-order valence-corrected chi connectivity index (χ0v) is 9.32. The van der Waals surface area contributed by atoms with Gasteiger partial charge >= 0.3 is 0 Å². The third kappa shape index (κ3) is 2.72. The Morgan fingerprint density at radius 2 is 2.07 bits per heavy atom. The SMILES string of the molecule is CC(Cc1cccc(O)c1)N1CCCC1. The minimum atomic E-state index is 0.376. The number of rotatable bonds is 3. The maximum absolute atomic E-state index is 9.38. The molecule has 82 valence electrons. The summed E-state index contributed by atoms with van der Waals surface area (Å²) in [5.74, 6) is 0.376. The lowest BCUT2D eigenvalue weighted by Gasteiger charge is -2.23. The van der Waals surface area contributed by atoms with Gasteiger partial charge in [-0.05, 0) is 57.0 Å². The predicted octanol–water partition coefficient (Wildman–Crippen LogP) is 2.42. The molecule has 1 unspecified atom stereocenters. The highest BCUT2D eigenvalue weighted by Gasteiger charge is 2.17. The highest BCUT2D eigenvalue weighted by atomic mass is 16.3. The van der Waals surface area contributed by atoms with Crippen molar-refractivity contribution >= 4 is 0 Å². The minimum absolute atomic E-state index is 0.376. The smallest absolute Gasteiger partial charge is 0.115 e. The molecule has 1 aliphatic rings. The van der Waals surface area contributed by atoms with Crippen LogP contribution in [-0.2, 0) is 6.42 Å². The first-order chi connectivity index (χ1) is 7.25. The fourth-order valence-corrected chi connectivity index (χ4v) is 2.34. The lowest BCUT2D eigenvalue weighted by atomic mass is 10.1. The Hall–Kier alpha value is -1.02. The first kappa shape index (κ1) is 10.5. The van der Waals surface area contributed by atoms with E-state index in [1.54, 1.807) is 6.07 Å². The molecule has 0 aromatic heterocycles. The fraction of sp³-hybridized carbons (Fsp3) is 0.538. The Bertz CT molecular complexity index is 318. The quantitative estimate of drug-likeness (QED) is 0.819. The summed E-state index contributed by atoms with van der Waals surface area (Å²) >= 11 is 0. The van der Waals surface area contributed by atoms with E-state index in [0.717, 1.165) is 6.42 Å². The molecule has 1 aromatic carbocycles. The van der Waals surface area contributed by atoms with Crippen molar-refractivity contribution in [3.8, 4) is 5.75 Å². The second-order valence-corrected chi connectivity index (χ2v) is 4.47. The first-order valence-electron chi connectivity index (χ1n) is 5.77. The maximum atomic E-state index is 9.38. The number of likely N-dealkylation sites (tertiary alicyclic amines) is 1. The molecular weight excluding hydrogens is 186 g/mol. The fourth-order valence-electron chi connectivity index (χ4n) is 2.34. The Morgan fingerprint density at radius 1 is 1.33 bits per heavy atom. The van der Waals surface area contributed by atoms with Gasteiger partial charge in [0, 0.05) is 6.04 Å². The summed E-state index contributed by atoms with van der Waals surface area (Å²) in [6.07, 6.45) is 3.71. The zero-order valence-electron chi connectivity index (χ0n) is 9.32. The monoisotopic (exact) mass is 205 g/mol. The van der Waals surface area contributed by atoms with Crippen LogP contribution in [-0.4, -0.2) is 29.1 Å². The highest BCUT2D eigenvalue weighted by Crippen LogP contribution is 2.17. The number of phenolic OH excluding ortho intramolecular Hbond substituents is 1. The van der Waals surface area contributed by atoms with Crippen molar-refractivity contribution in [2.24, 2.45) is 0 Å². The van der Waals surface area contributed by atoms with E-state index in [1.165, 1.54) is 31.5 Å². The van der Waals surface area contributed by atoms with Crippen LogP contribution in [0.3, 0.4) is 0 Å². The van der Waals surface area contributed by atoms with E-state index in [2.05, 4.69) is 17.9 Å². The van der Waals surface area contributed by atoms with Gasteiger partial charge in [-0.15, -0.1) is 0 Å². The van der Waals surface area contributed by atoms with E-state index in [9.17, 15) is 5.11 Å². The molecule has 2 rings (SSSR count). The predicted molar refractivity (Wildman–Crippen MR) is 62.1 cm³/mol. The van der Waals surface area contributed by atoms with Crippen molar-refractivity contribution in [3.05, 3.63) is 29.8 Å². The number of phenols is 1. The number of hydrogen-bond acceptors (Lipinski definition) is 2. The molecule has 0 bridgehead atoms. The Balaban J connectivity index is 1.95. The van der Waals surface area contributed by atoms with Gasteiger partial charge in [-0.25, -0.2) is 0 Å². The molecule has 0 aliphatic carbocycles. The molecular formula is C13H19NO. The zero-order chi connectivity index (χ0) is 10.7. The molecule has 1 aromatic rings. The van der Waals surface area contributed by atoms with Gasteiger partial charge in [0.25, 0.3) is 0 Å². The normalized spacial score (nSPS) is 19.3. The van der Waals surface area contributed by atoms with E-state index >= 15 is 0 Å². The minimum Gasteiger partial charge on any atom is -0.508 e. The molecule has 1 saturated heterocycles. The van der Waals surface area contributed by atoms with Gasteiger partial charge in [0.2, 0.25) is 0 Å². The van der Waals surface area contributed by atoms with E-state index in [1.807, 2.05) is 12.1 Å². The lowest BCUT2D eigenvalue weighted by molar-refractivity contribution is 0.257. The van der Waals surface area contributed by atoms with Crippen LogP contribution in [0.2, 0.25) is 0 Å². The van der Waals surface area contributed by atoms with E-state index in [4.69, 9.17) is 0 Å². The molecule has 2 heteroatoms. The summed E-state index contributed by atoms with van der Waals surface area (Å²) in [6.45, 7) is 4.75. The molecule has 0 saturated carbocycles. The Morgan fingerprint density at radius 3 is 2.73 bits per heavy atom. The lowest BCUT2D eigenvalue weighted by Crippen LogP contribution is -2.31. The van der Waals surface area contributed by atoms with Gasteiger partial charge in [-0.2, -0.15) is 0 Å². The molecule has 1 fully saturated rings. The van der Waals surface area contributed by atoms with Crippen LogP contribution < -0.4 is 0 Å². The molecule has 1 aliphatic heterocycles. The molecule has 0 radical (unpaired) electrons. The average Bonchev–Trinajstić information content (AvgIpc) is 2.70. The molecule has 15 heavy (non-hydrogen) atoms. The van der Waals surface area contributed by atoms with Crippen molar-refractivity contribution in [1.82, 2.24) is 4.90 Å². The average molecular weight is 205 g/mol.